The number of aromatic nitrogens is 6. The van der Waals surface area contributed by atoms with Gasteiger partial charge in [0.2, 0.25) is 0 Å². The van der Waals surface area contributed by atoms with Gasteiger partial charge >= 0.3 is 0 Å². The predicted molar refractivity (Wildman–Crippen MR) is 152 cm³/mol. The fourth-order valence-electron chi connectivity index (χ4n) is 4.60. The second-order valence-electron chi connectivity index (χ2n) is 10.6. The number of aryl methyl sites for hydroxylation is 2. The van der Waals surface area contributed by atoms with Gasteiger partial charge in [-0.15, -0.1) is 0 Å². The Morgan fingerprint density at radius 2 is 1.88 bits per heavy atom. The Hall–Kier alpha value is -4.64. The first-order chi connectivity index (χ1) is 19.0. The number of halogens is 1. The molecule has 0 radical (unpaired) electrons. The van der Waals surface area contributed by atoms with E-state index in [-0.39, 0.29) is 27.9 Å². The lowest BCUT2D eigenvalue weighted by molar-refractivity contribution is 0.281. The van der Waals surface area contributed by atoms with Crippen LogP contribution in [0.1, 0.15) is 38.8 Å². The first kappa shape index (κ1) is 26.9. The Morgan fingerprint density at radius 3 is 2.55 bits per heavy atom. The SMILES string of the molecule is CCn1ccc(Nc2cc(-c3ccnc(-n4ncc5cc(C(C)(C)C)cc(F)c5c4=O)c3CO)cn(C)c2=O)n1. The van der Waals surface area contributed by atoms with Gasteiger partial charge in [-0.2, -0.15) is 14.9 Å². The third-order valence-corrected chi connectivity index (χ3v) is 6.82. The van der Waals surface area contributed by atoms with E-state index in [0.29, 0.717) is 34.4 Å². The molecule has 0 aliphatic carbocycles. The number of hydrogen-bond donors (Lipinski definition) is 2. The van der Waals surface area contributed by atoms with Crippen LogP contribution in [0, 0.1) is 5.82 Å². The van der Waals surface area contributed by atoms with E-state index in [0.717, 1.165) is 10.2 Å². The molecule has 5 aromatic rings. The van der Waals surface area contributed by atoms with Crippen LogP contribution in [0.25, 0.3) is 27.7 Å². The van der Waals surface area contributed by atoms with Crippen LogP contribution in [-0.4, -0.2) is 34.2 Å². The number of fused-ring (bicyclic) bond motifs is 1. The number of nitrogens with zero attached hydrogens (tertiary/aromatic N) is 6. The van der Waals surface area contributed by atoms with Gasteiger partial charge in [-0.1, -0.05) is 20.8 Å². The second kappa shape index (κ2) is 10.2. The summed E-state index contributed by atoms with van der Waals surface area (Å²) in [6, 6.07) is 8.22. The number of pyridine rings is 2. The molecule has 0 atom stereocenters. The number of anilines is 2. The topological polar surface area (TPSA) is 120 Å². The minimum absolute atomic E-state index is 0.0660. The Bertz CT molecular complexity index is 1870. The smallest absolute Gasteiger partial charge is 0.283 e. The molecule has 1 aromatic carbocycles. The molecule has 0 aliphatic rings. The van der Waals surface area contributed by atoms with Crippen molar-refractivity contribution in [3.8, 4) is 16.9 Å². The van der Waals surface area contributed by atoms with E-state index in [4.69, 9.17) is 0 Å². The first-order valence-corrected chi connectivity index (χ1v) is 12.8. The predicted octanol–water partition coefficient (Wildman–Crippen LogP) is 4.04. The standard InChI is InChI=1S/C29H30FN7O3/c1-6-36-10-8-24(34-36)33-23-12-18(15-35(5)27(23)39)20-7-9-31-26(21(20)16-38)37-28(40)25-17(14-32-37)11-19(13-22(25)30)29(2,3)4/h7-15,38H,6,16H2,1-5H3,(H,33,34). The van der Waals surface area contributed by atoms with Crippen LogP contribution in [0.3, 0.4) is 0 Å². The summed E-state index contributed by atoms with van der Waals surface area (Å²) in [6.07, 6.45) is 6.33. The minimum atomic E-state index is -0.691. The molecule has 0 fully saturated rings. The van der Waals surface area contributed by atoms with E-state index in [9.17, 15) is 14.7 Å². The maximum atomic E-state index is 15.2. The van der Waals surface area contributed by atoms with Crippen LogP contribution in [0.4, 0.5) is 15.9 Å². The lowest BCUT2D eigenvalue weighted by Crippen LogP contribution is -2.25. The molecule has 0 unspecified atom stereocenters. The first-order valence-electron chi connectivity index (χ1n) is 12.8. The third kappa shape index (κ3) is 4.79. The van der Waals surface area contributed by atoms with Crippen LogP contribution in [-0.2, 0) is 25.6 Å². The average Bonchev–Trinajstić information content (AvgIpc) is 3.37. The molecule has 0 amide bonds. The highest BCUT2D eigenvalue weighted by atomic mass is 19.1. The zero-order chi connectivity index (χ0) is 28.8. The molecule has 0 aliphatic heterocycles. The molecule has 11 heteroatoms. The van der Waals surface area contributed by atoms with Gasteiger partial charge < -0.3 is 15.0 Å². The number of benzene rings is 1. The highest BCUT2D eigenvalue weighted by Gasteiger charge is 2.21. The summed E-state index contributed by atoms with van der Waals surface area (Å²) in [5.41, 5.74) is 1.15. The fourth-order valence-corrected chi connectivity index (χ4v) is 4.60. The van der Waals surface area contributed by atoms with Crippen molar-refractivity contribution < 1.29 is 9.50 Å². The quantitative estimate of drug-likeness (QED) is 0.332. The Kier molecular flexibility index (Phi) is 6.84. The van der Waals surface area contributed by atoms with Crippen molar-refractivity contribution >= 4 is 22.3 Å². The fraction of sp³-hybridized carbons (Fsp3) is 0.276. The summed E-state index contributed by atoms with van der Waals surface area (Å²) >= 11 is 0. The van der Waals surface area contributed by atoms with Crippen molar-refractivity contribution in [3.05, 3.63) is 92.8 Å². The molecule has 2 N–H and O–H groups in total. The van der Waals surface area contributed by atoms with Crippen molar-refractivity contribution in [1.82, 2.24) is 29.1 Å². The van der Waals surface area contributed by atoms with E-state index in [2.05, 4.69) is 20.5 Å². The maximum Gasteiger partial charge on any atom is 0.283 e. The van der Waals surface area contributed by atoms with Crippen molar-refractivity contribution in [2.45, 2.75) is 46.3 Å². The summed E-state index contributed by atoms with van der Waals surface area (Å²) in [5.74, 6) is -0.0710. The van der Waals surface area contributed by atoms with Gasteiger partial charge in [0.25, 0.3) is 11.1 Å². The third-order valence-electron chi connectivity index (χ3n) is 6.82. The zero-order valence-corrected chi connectivity index (χ0v) is 22.9. The molecule has 0 spiro atoms. The average molecular weight is 544 g/mol. The second-order valence-corrected chi connectivity index (χ2v) is 10.6. The highest BCUT2D eigenvalue weighted by Crippen LogP contribution is 2.30. The molecular weight excluding hydrogens is 513 g/mol. The molecule has 5 rings (SSSR count). The number of hydrogen-bond acceptors (Lipinski definition) is 7. The molecule has 10 nitrogen and oxygen atoms in total. The molecule has 0 saturated carbocycles. The number of nitrogens with one attached hydrogen (secondary N) is 1. The largest absolute Gasteiger partial charge is 0.392 e. The van der Waals surface area contributed by atoms with Gasteiger partial charge in [-0.3, -0.25) is 14.3 Å². The zero-order valence-electron chi connectivity index (χ0n) is 22.9. The summed E-state index contributed by atoms with van der Waals surface area (Å²) in [6.45, 7) is 8.04. The number of aliphatic hydroxyl groups excluding tert-OH is 1. The van der Waals surface area contributed by atoms with E-state index in [1.165, 1.54) is 23.0 Å². The van der Waals surface area contributed by atoms with E-state index in [1.54, 1.807) is 48.4 Å². The van der Waals surface area contributed by atoms with Gasteiger partial charge in [0.05, 0.1) is 18.2 Å². The monoisotopic (exact) mass is 543 g/mol. The molecule has 206 valence electrons. The maximum absolute atomic E-state index is 15.2. The van der Waals surface area contributed by atoms with E-state index >= 15 is 4.39 Å². The molecule has 4 aromatic heterocycles. The van der Waals surface area contributed by atoms with Gasteiger partial charge in [0, 0.05) is 54.8 Å². The van der Waals surface area contributed by atoms with Crippen LogP contribution in [0.5, 0.6) is 0 Å². The lowest BCUT2D eigenvalue weighted by Gasteiger charge is -2.20. The minimum Gasteiger partial charge on any atom is -0.392 e. The van der Waals surface area contributed by atoms with Crippen LogP contribution >= 0.6 is 0 Å². The lowest BCUT2D eigenvalue weighted by atomic mass is 9.86. The van der Waals surface area contributed by atoms with E-state index in [1.807, 2.05) is 27.7 Å². The van der Waals surface area contributed by atoms with Gasteiger partial charge in [-0.25, -0.2) is 9.37 Å². The van der Waals surface area contributed by atoms with Crippen molar-refractivity contribution in [3.63, 3.8) is 0 Å². The van der Waals surface area contributed by atoms with Gasteiger partial charge in [0.15, 0.2) is 11.6 Å². The normalized spacial score (nSPS) is 11.8. The summed E-state index contributed by atoms with van der Waals surface area (Å²) in [5, 5.41) is 22.4. The van der Waals surface area contributed by atoms with Crippen molar-refractivity contribution in [1.29, 1.82) is 0 Å². The number of rotatable bonds is 6. The molecule has 0 saturated heterocycles. The van der Waals surface area contributed by atoms with Gasteiger partial charge in [0.1, 0.15) is 11.5 Å². The Balaban J connectivity index is 1.64. The number of aliphatic hydroxyl groups is 1. The van der Waals surface area contributed by atoms with Crippen LogP contribution < -0.4 is 16.4 Å². The van der Waals surface area contributed by atoms with Crippen molar-refractivity contribution in [2.75, 3.05) is 5.32 Å². The van der Waals surface area contributed by atoms with Crippen LogP contribution in [0.2, 0.25) is 0 Å². The van der Waals surface area contributed by atoms with Crippen LogP contribution in [0.15, 0.2) is 64.7 Å². The molecular formula is C29H30FN7O3. The Labute approximate surface area is 229 Å². The molecule has 0 bridgehead atoms. The summed E-state index contributed by atoms with van der Waals surface area (Å²) < 4.78 is 19.4. The summed E-state index contributed by atoms with van der Waals surface area (Å²) in [4.78, 5) is 30.7. The van der Waals surface area contributed by atoms with E-state index < -0.39 is 18.0 Å². The van der Waals surface area contributed by atoms with Gasteiger partial charge in [-0.05, 0) is 47.7 Å². The molecule has 40 heavy (non-hydrogen) atoms. The Morgan fingerprint density at radius 1 is 1.10 bits per heavy atom. The summed E-state index contributed by atoms with van der Waals surface area (Å²) in [7, 11) is 1.62. The van der Waals surface area contributed by atoms with Crippen molar-refractivity contribution in [2.24, 2.45) is 7.05 Å². The molecule has 4 heterocycles. The highest BCUT2D eigenvalue weighted by molar-refractivity contribution is 5.83.